The van der Waals surface area contributed by atoms with E-state index >= 15 is 0 Å². The second-order valence-electron chi connectivity index (χ2n) is 2.00. The summed E-state index contributed by atoms with van der Waals surface area (Å²) in [7, 11) is 0. The van der Waals surface area contributed by atoms with Gasteiger partial charge >= 0.3 is 0 Å². The van der Waals surface area contributed by atoms with Crippen molar-refractivity contribution in [2.75, 3.05) is 0 Å². The Morgan fingerprint density at radius 2 is 2.50 bits per heavy atom. The molecular formula is C6H10O2. The maximum atomic E-state index is 8.80. The van der Waals surface area contributed by atoms with Crippen molar-refractivity contribution in [3.8, 4) is 0 Å². The van der Waals surface area contributed by atoms with Gasteiger partial charge in [-0.2, -0.15) is 0 Å². The van der Waals surface area contributed by atoms with E-state index in [0.717, 1.165) is 19.3 Å². The predicted molar refractivity (Wildman–Crippen MR) is 30.1 cm³/mol. The van der Waals surface area contributed by atoms with Crippen molar-refractivity contribution in [3.63, 3.8) is 0 Å². The minimum Gasteiger partial charge on any atom is -0.470 e. The van der Waals surface area contributed by atoms with E-state index in [4.69, 9.17) is 9.84 Å². The van der Waals surface area contributed by atoms with Gasteiger partial charge in [-0.15, -0.1) is 0 Å². The van der Waals surface area contributed by atoms with Crippen LogP contribution >= 0.6 is 0 Å². The SMILES string of the molecule is C=C1CCCC(O)O1. The molecule has 2 nitrogen and oxygen atoms in total. The minimum absolute atomic E-state index is 0.587. The Balaban J connectivity index is 2.34. The van der Waals surface area contributed by atoms with Crippen LogP contribution in [0.4, 0.5) is 0 Å². The molecule has 1 rings (SSSR count). The van der Waals surface area contributed by atoms with Gasteiger partial charge in [-0.3, -0.25) is 0 Å². The maximum absolute atomic E-state index is 8.80. The Morgan fingerprint density at radius 1 is 1.75 bits per heavy atom. The van der Waals surface area contributed by atoms with E-state index in [1.807, 2.05) is 0 Å². The van der Waals surface area contributed by atoms with Crippen LogP contribution in [-0.4, -0.2) is 11.4 Å². The van der Waals surface area contributed by atoms with Crippen molar-refractivity contribution >= 4 is 0 Å². The third kappa shape index (κ3) is 1.23. The molecule has 1 heterocycles. The quantitative estimate of drug-likeness (QED) is 0.509. The van der Waals surface area contributed by atoms with E-state index in [0.29, 0.717) is 5.76 Å². The molecule has 1 aliphatic rings. The lowest BCUT2D eigenvalue weighted by Crippen LogP contribution is -2.15. The minimum atomic E-state index is -0.587. The van der Waals surface area contributed by atoms with E-state index in [1.54, 1.807) is 0 Å². The number of aliphatic hydroxyl groups excluding tert-OH is 1. The van der Waals surface area contributed by atoms with Crippen molar-refractivity contribution in [1.82, 2.24) is 0 Å². The number of allylic oxidation sites excluding steroid dienone is 1. The molecule has 0 amide bonds. The summed E-state index contributed by atoms with van der Waals surface area (Å²) >= 11 is 0. The van der Waals surface area contributed by atoms with Crippen molar-refractivity contribution < 1.29 is 9.84 Å². The van der Waals surface area contributed by atoms with Gasteiger partial charge in [0.1, 0.15) is 0 Å². The van der Waals surface area contributed by atoms with Crippen LogP contribution in [0.15, 0.2) is 12.3 Å². The lowest BCUT2D eigenvalue weighted by molar-refractivity contribution is -0.0881. The fraction of sp³-hybridized carbons (Fsp3) is 0.667. The third-order valence-electron chi connectivity index (χ3n) is 1.21. The first-order valence-corrected chi connectivity index (χ1v) is 2.81. The van der Waals surface area contributed by atoms with Crippen LogP contribution in [-0.2, 0) is 4.74 Å². The average Bonchev–Trinajstić information content (AvgIpc) is 1.64. The highest BCUT2D eigenvalue weighted by atomic mass is 16.6. The lowest BCUT2D eigenvalue weighted by atomic mass is 10.2. The van der Waals surface area contributed by atoms with Crippen LogP contribution in [0.2, 0.25) is 0 Å². The molecule has 0 bridgehead atoms. The first kappa shape index (κ1) is 5.63. The highest BCUT2D eigenvalue weighted by molar-refractivity contribution is 4.85. The van der Waals surface area contributed by atoms with Crippen molar-refractivity contribution in [3.05, 3.63) is 12.3 Å². The number of ether oxygens (including phenoxy) is 1. The molecule has 1 fully saturated rings. The van der Waals surface area contributed by atoms with Crippen LogP contribution in [0.25, 0.3) is 0 Å². The summed E-state index contributed by atoms with van der Waals surface area (Å²) < 4.78 is 4.85. The zero-order valence-corrected chi connectivity index (χ0v) is 4.76. The summed E-state index contributed by atoms with van der Waals surface area (Å²) in [4.78, 5) is 0. The zero-order chi connectivity index (χ0) is 5.98. The molecule has 0 saturated carbocycles. The third-order valence-corrected chi connectivity index (χ3v) is 1.21. The Morgan fingerprint density at radius 3 is 2.88 bits per heavy atom. The fourth-order valence-corrected chi connectivity index (χ4v) is 0.784. The van der Waals surface area contributed by atoms with Gasteiger partial charge in [0.05, 0.1) is 5.76 Å². The van der Waals surface area contributed by atoms with Gasteiger partial charge in [0.25, 0.3) is 0 Å². The molecule has 1 atom stereocenters. The van der Waals surface area contributed by atoms with Crippen LogP contribution in [0.3, 0.4) is 0 Å². The smallest absolute Gasteiger partial charge is 0.196 e. The molecule has 2 heteroatoms. The van der Waals surface area contributed by atoms with Crippen LogP contribution in [0, 0.1) is 0 Å². The molecule has 0 aromatic carbocycles. The number of rotatable bonds is 0. The van der Waals surface area contributed by atoms with Crippen LogP contribution in [0.1, 0.15) is 19.3 Å². The fourth-order valence-electron chi connectivity index (χ4n) is 0.784. The summed E-state index contributed by atoms with van der Waals surface area (Å²) in [6, 6.07) is 0. The molecule has 0 aromatic heterocycles. The molecule has 1 N–H and O–H groups in total. The van der Waals surface area contributed by atoms with Crippen molar-refractivity contribution in [1.29, 1.82) is 0 Å². The van der Waals surface area contributed by atoms with Gasteiger partial charge in [0.15, 0.2) is 6.29 Å². The Kier molecular flexibility index (Phi) is 1.53. The Labute approximate surface area is 48.8 Å². The standard InChI is InChI=1S/C6H10O2/c1-5-3-2-4-6(7)8-5/h6-7H,1-4H2. The van der Waals surface area contributed by atoms with Crippen molar-refractivity contribution in [2.24, 2.45) is 0 Å². The topological polar surface area (TPSA) is 29.5 Å². The van der Waals surface area contributed by atoms with E-state index < -0.39 is 6.29 Å². The average molecular weight is 114 g/mol. The molecule has 1 saturated heterocycles. The highest BCUT2D eigenvalue weighted by Crippen LogP contribution is 2.17. The van der Waals surface area contributed by atoms with E-state index in [-0.39, 0.29) is 0 Å². The first-order chi connectivity index (χ1) is 3.79. The summed E-state index contributed by atoms with van der Waals surface area (Å²) in [5.41, 5.74) is 0. The maximum Gasteiger partial charge on any atom is 0.196 e. The summed E-state index contributed by atoms with van der Waals surface area (Å²) in [6.45, 7) is 3.58. The van der Waals surface area contributed by atoms with Gasteiger partial charge in [-0.05, 0) is 6.42 Å². The van der Waals surface area contributed by atoms with E-state index in [2.05, 4.69) is 6.58 Å². The van der Waals surface area contributed by atoms with Gasteiger partial charge in [0.2, 0.25) is 0 Å². The van der Waals surface area contributed by atoms with Gasteiger partial charge < -0.3 is 9.84 Å². The van der Waals surface area contributed by atoms with E-state index in [9.17, 15) is 0 Å². The molecule has 0 radical (unpaired) electrons. The molecule has 1 aliphatic heterocycles. The lowest BCUT2D eigenvalue weighted by Gasteiger charge is -2.19. The molecule has 8 heavy (non-hydrogen) atoms. The van der Waals surface area contributed by atoms with Crippen LogP contribution < -0.4 is 0 Å². The molecule has 46 valence electrons. The van der Waals surface area contributed by atoms with E-state index in [1.165, 1.54) is 0 Å². The Hall–Kier alpha value is -0.500. The van der Waals surface area contributed by atoms with Gasteiger partial charge in [-0.25, -0.2) is 0 Å². The molecule has 0 spiro atoms. The highest BCUT2D eigenvalue weighted by Gasteiger charge is 2.11. The largest absolute Gasteiger partial charge is 0.470 e. The van der Waals surface area contributed by atoms with Crippen LogP contribution in [0.5, 0.6) is 0 Å². The van der Waals surface area contributed by atoms with Gasteiger partial charge in [0, 0.05) is 12.8 Å². The second kappa shape index (κ2) is 2.18. The van der Waals surface area contributed by atoms with Gasteiger partial charge in [-0.1, -0.05) is 6.58 Å². The molecular weight excluding hydrogens is 104 g/mol. The number of aliphatic hydroxyl groups is 1. The predicted octanol–water partition coefficient (Wildman–Crippen LogP) is 1.02. The molecule has 0 aliphatic carbocycles. The monoisotopic (exact) mass is 114 g/mol. The summed E-state index contributed by atoms with van der Waals surface area (Å²) in [6.07, 6.45) is 2.06. The summed E-state index contributed by atoms with van der Waals surface area (Å²) in [5, 5.41) is 8.80. The van der Waals surface area contributed by atoms with Crippen molar-refractivity contribution in [2.45, 2.75) is 25.6 Å². The zero-order valence-electron chi connectivity index (χ0n) is 4.76. The first-order valence-electron chi connectivity index (χ1n) is 2.81. The summed E-state index contributed by atoms with van der Waals surface area (Å²) in [5.74, 6) is 0.712. The normalized spacial score (nSPS) is 29.6. The molecule has 1 unspecified atom stereocenters. The number of hydrogen-bond acceptors (Lipinski definition) is 2. The molecule has 0 aromatic rings. The Bertz CT molecular complexity index is 98.7. The number of hydrogen-bond donors (Lipinski definition) is 1. The second-order valence-corrected chi connectivity index (χ2v) is 2.00.